The van der Waals surface area contributed by atoms with Gasteiger partial charge in [-0.05, 0) is 12.8 Å². The Labute approximate surface area is 70.3 Å². The topological polar surface area (TPSA) is 29.5 Å². The summed E-state index contributed by atoms with van der Waals surface area (Å²) in [5.74, 6) is 0. The fourth-order valence-corrected chi connectivity index (χ4v) is 1.08. The summed E-state index contributed by atoms with van der Waals surface area (Å²) in [7, 11) is 0.806. The van der Waals surface area contributed by atoms with Gasteiger partial charge in [0.1, 0.15) is 0 Å². The maximum atomic E-state index is 8.38. The molecule has 1 radical (unpaired) electrons. The van der Waals surface area contributed by atoms with Crippen molar-refractivity contribution < 1.29 is 9.68 Å². The molecule has 0 saturated heterocycles. The molecule has 0 aliphatic carbocycles. The van der Waals surface area contributed by atoms with Crippen LogP contribution in [0.2, 0.25) is 0 Å². The van der Waals surface area contributed by atoms with E-state index in [0.717, 1.165) is 20.5 Å². The lowest BCUT2D eigenvalue weighted by Crippen LogP contribution is -2.14. The Morgan fingerprint density at radius 1 is 1.36 bits per heavy atom. The maximum absolute atomic E-state index is 8.38. The van der Waals surface area contributed by atoms with E-state index in [0.29, 0.717) is 0 Å². The van der Waals surface area contributed by atoms with Crippen molar-refractivity contribution in [3.05, 3.63) is 0 Å². The van der Waals surface area contributed by atoms with Gasteiger partial charge in [0.2, 0.25) is 0 Å². The third kappa shape index (κ3) is 6.39. The van der Waals surface area contributed by atoms with Gasteiger partial charge < -0.3 is 9.68 Å². The van der Waals surface area contributed by atoms with Gasteiger partial charge in [0.25, 0.3) is 0 Å². The van der Waals surface area contributed by atoms with Crippen LogP contribution in [0.5, 0.6) is 0 Å². The lowest BCUT2D eigenvalue weighted by molar-refractivity contribution is 0.165. The standard InChI is InChI=1S/C8H18BO2/c1-3-5-6-7-8(4-2)11-9-10/h8,10H,3-7H2,1-2H3. The number of rotatable bonds is 7. The van der Waals surface area contributed by atoms with Gasteiger partial charge in [0.05, 0.1) is 0 Å². The van der Waals surface area contributed by atoms with Crippen LogP contribution in [-0.4, -0.2) is 18.8 Å². The lowest BCUT2D eigenvalue weighted by Gasteiger charge is -2.12. The molecule has 0 aliphatic rings. The zero-order valence-corrected chi connectivity index (χ0v) is 7.55. The van der Waals surface area contributed by atoms with Crippen LogP contribution in [-0.2, 0) is 4.65 Å². The fraction of sp³-hybridized carbons (Fsp3) is 1.00. The number of hydrogen-bond donors (Lipinski definition) is 1. The fourth-order valence-electron chi connectivity index (χ4n) is 1.08. The summed E-state index contributed by atoms with van der Waals surface area (Å²) < 4.78 is 4.97. The van der Waals surface area contributed by atoms with Gasteiger partial charge in [-0.25, -0.2) is 0 Å². The van der Waals surface area contributed by atoms with Crippen LogP contribution in [0.4, 0.5) is 0 Å². The van der Waals surface area contributed by atoms with E-state index in [1.54, 1.807) is 0 Å². The van der Waals surface area contributed by atoms with Crippen molar-refractivity contribution in [2.75, 3.05) is 0 Å². The van der Waals surface area contributed by atoms with Gasteiger partial charge in [-0.3, -0.25) is 0 Å². The van der Waals surface area contributed by atoms with E-state index in [4.69, 9.17) is 9.68 Å². The molecule has 65 valence electrons. The van der Waals surface area contributed by atoms with Gasteiger partial charge in [-0.15, -0.1) is 0 Å². The Morgan fingerprint density at radius 2 is 2.09 bits per heavy atom. The van der Waals surface area contributed by atoms with Gasteiger partial charge in [0, 0.05) is 6.10 Å². The van der Waals surface area contributed by atoms with E-state index in [-0.39, 0.29) is 6.10 Å². The highest BCUT2D eigenvalue weighted by atomic mass is 16.5. The van der Waals surface area contributed by atoms with Crippen molar-refractivity contribution in [2.24, 2.45) is 0 Å². The minimum atomic E-state index is 0.214. The van der Waals surface area contributed by atoms with Crippen molar-refractivity contribution in [3.63, 3.8) is 0 Å². The Morgan fingerprint density at radius 3 is 2.55 bits per heavy atom. The molecule has 0 saturated carbocycles. The zero-order valence-electron chi connectivity index (χ0n) is 7.55. The smallest absolute Gasteiger partial charge is 0.429 e. The van der Waals surface area contributed by atoms with Gasteiger partial charge >= 0.3 is 7.69 Å². The molecule has 0 bridgehead atoms. The molecule has 3 heteroatoms. The van der Waals surface area contributed by atoms with Gasteiger partial charge in [-0.2, -0.15) is 0 Å². The maximum Gasteiger partial charge on any atom is 0.485 e. The van der Waals surface area contributed by atoms with E-state index in [1.165, 1.54) is 19.3 Å². The van der Waals surface area contributed by atoms with Crippen LogP contribution < -0.4 is 0 Å². The first kappa shape index (κ1) is 11.0. The predicted octanol–water partition coefficient (Wildman–Crippen LogP) is 1.89. The Bertz CT molecular complexity index is 78.5. The third-order valence-corrected chi connectivity index (χ3v) is 1.84. The summed E-state index contributed by atoms with van der Waals surface area (Å²) in [5.41, 5.74) is 0. The molecule has 1 atom stereocenters. The van der Waals surface area contributed by atoms with Crippen LogP contribution in [0.25, 0.3) is 0 Å². The van der Waals surface area contributed by atoms with E-state index in [1.807, 2.05) is 0 Å². The molecule has 0 rings (SSSR count). The first-order valence-corrected chi connectivity index (χ1v) is 4.46. The molecule has 0 amide bonds. The Hall–Kier alpha value is -0.0151. The number of hydrogen-bond acceptors (Lipinski definition) is 2. The van der Waals surface area contributed by atoms with Crippen LogP contribution >= 0.6 is 0 Å². The molecule has 1 N–H and O–H groups in total. The summed E-state index contributed by atoms with van der Waals surface area (Å²) in [6.07, 6.45) is 5.93. The van der Waals surface area contributed by atoms with E-state index in [2.05, 4.69) is 13.8 Å². The van der Waals surface area contributed by atoms with Crippen LogP contribution in [0.3, 0.4) is 0 Å². The summed E-state index contributed by atoms with van der Waals surface area (Å²) >= 11 is 0. The van der Waals surface area contributed by atoms with Gasteiger partial charge in [0.15, 0.2) is 0 Å². The molecule has 2 nitrogen and oxygen atoms in total. The second kappa shape index (κ2) is 8.09. The molecular formula is C8H18BO2. The first-order valence-electron chi connectivity index (χ1n) is 4.46. The average molecular weight is 157 g/mol. The molecular weight excluding hydrogens is 139 g/mol. The highest BCUT2D eigenvalue weighted by molar-refractivity contribution is 6.15. The zero-order chi connectivity index (χ0) is 8.53. The molecule has 0 aromatic carbocycles. The van der Waals surface area contributed by atoms with Crippen molar-refractivity contribution in [1.29, 1.82) is 0 Å². The SMILES string of the molecule is CCCCCC(CC)O[B]O. The van der Waals surface area contributed by atoms with Crippen molar-refractivity contribution >= 4 is 7.69 Å². The van der Waals surface area contributed by atoms with Crippen LogP contribution in [0.1, 0.15) is 46.0 Å². The van der Waals surface area contributed by atoms with E-state index >= 15 is 0 Å². The molecule has 1 unspecified atom stereocenters. The normalized spacial score (nSPS) is 13.0. The highest BCUT2D eigenvalue weighted by Gasteiger charge is 2.04. The van der Waals surface area contributed by atoms with Gasteiger partial charge in [-0.1, -0.05) is 33.1 Å². The number of unbranched alkanes of at least 4 members (excludes halogenated alkanes) is 2. The minimum Gasteiger partial charge on any atom is -0.429 e. The second-order valence-electron chi connectivity index (χ2n) is 2.77. The van der Waals surface area contributed by atoms with E-state index < -0.39 is 0 Å². The Kier molecular flexibility index (Phi) is 8.07. The van der Waals surface area contributed by atoms with Crippen molar-refractivity contribution in [1.82, 2.24) is 0 Å². The molecule has 0 fully saturated rings. The molecule has 0 spiro atoms. The Balaban J connectivity index is 3.20. The monoisotopic (exact) mass is 157 g/mol. The van der Waals surface area contributed by atoms with Crippen molar-refractivity contribution in [3.8, 4) is 0 Å². The summed E-state index contributed by atoms with van der Waals surface area (Å²) in [5, 5.41) is 8.38. The quantitative estimate of drug-likeness (QED) is 0.451. The van der Waals surface area contributed by atoms with Crippen molar-refractivity contribution in [2.45, 2.75) is 52.1 Å². The summed E-state index contributed by atoms with van der Waals surface area (Å²) in [6.45, 7) is 4.25. The molecule has 0 aromatic rings. The average Bonchev–Trinajstić information content (AvgIpc) is 2.03. The van der Waals surface area contributed by atoms with E-state index in [9.17, 15) is 0 Å². The second-order valence-corrected chi connectivity index (χ2v) is 2.77. The molecule has 0 heterocycles. The first-order chi connectivity index (χ1) is 5.35. The molecule has 11 heavy (non-hydrogen) atoms. The summed E-state index contributed by atoms with van der Waals surface area (Å²) in [4.78, 5) is 0. The highest BCUT2D eigenvalue weighted by Crippen LogP contribution is 2.08. The largest absolute Gasteiger partial charge is 0.485 e. The lowest BCUT2D eigenvalue weighted by atomic mass is 10.1. The summed E-state index contributed by atoms with van der Waals surface area (Å²) in [6, 6.07) is 0. The predicted molar refractivity (Wildman–Crippen MR) is 47.3 cm³/mol. The molecule has 0 aliphatic heterocycles. The minimum absolute atomic E-state index is 0.214. The molecule has 0 aromatic heterocycles. The van der Waals surface area contributed by atoms with Crippen LogP contribution in [0, 0.1) is 0 Å². The third-order valence-electron chi connectivity index (χ3n) is 1.84. The van der Waals surface area contributed by atoms with Crippen LogP contribution in [0.15, 0.2) is 0 Å².